The standard InChI is InChI=1S/C13H14F3N3O4/c1-6(23-9(20)4-5-18-13(17)22)12(21)19-8-3-2-7(14)10(15)11(8)16/h2-3,6H,4-5H2,1H3,(H,19,21)(H3,17,18,22)/t6-/m1/s1. The topological polar surface area (TPSA) is 111 Å². The number of nitrogens with two attached hydrogens (primary N) is 1. The molecule has 0 fully saturated rings. The largest absolute Gasteiger partial charge is 0.452 e. The summed E-state index contributed by atoms with van der Waals surface area (Å²) in [6.45, 7) is 1.12. The van der Waals surface area contributed by atoms with Crippen molar-refractivity contribution in [2.24, 2.45) is 5.73 Å². The van der Waals surface area contributed by atoms with Crippen molar-refractivity contribution >= 4 is 23.6 Å². The Kier molecular flexibility index (Phi) is 6.36. The Morgan fingerprint density at radius 2 is 1.87 bits per heavy atom. The van der Waals surface area contributed by atoms with E-state index in [0.29, 0.717) is 6.07 Å². The highest BCUT2D eigenvalue weighted by molar-refractivity contribution is 5.95. The molecule has 10 heteroatoms. The maximum absolute atomic E-state index is 13.4. The molecule has 1 rings (SSSR count). The number of carbonyl (C=O) groups is 3. The number of nitrogens with one attached hydrogen (secondary N) is 2. The van der Waals surface area contributed by atoms with E-state index < -0.39 is 47.2 Å². The number of urea groups is 1. The molecule has 0 aliphatic rings. The fraction of sp³-hybridized carbons (Fsp3) is 0.308. The molecule has 126 valence electrons. The number of hydrogen-bond acceptors (Lipinski definition) is 4. The van der Waals surface area contributed by atoms with Gasteiger partial charge in [0.2, 0.25) is 0 Å². The smallest absolute Gasteiger partial charge is 0.312 e. The number of ether oxygens (including phenoxy) is 1. The number of carbonyl (C=O) groups excluding carboxylic acids is 3. The Hall–Kier alpha value is -2.78. The second-order valence-corrected chi connectivity index (χ2v) is 4.39. The van der Waals surface area contributed by atoms with Crippen molar-refractivity contribution in [3.63, 3.8) is 0 Å². The second kappa shape index (κ2) is 8.01. The molecule has 1 aromatic carbocycles. The number of anilines is 1. The molecule has 4 N–H and O–H groups in total. The highest BCUT2D eigenvalue weighted by Crippen LogP contribution is 2.19. The average Bonchev–Trinajstić information content (AvgIpc) is 2.47. The molecule has 0 aromatic heterocycles. The van der Waals surface area contributed by atoms with E-state index in [1.807, 2.05) is 5.32 Å². The van der Waals surface area contributed by atoms with Gasteiger partial charge in [0.05, 0.1) is 12.1 Å². The van der Waals surface area contributed by atoms with Gasteiger partial charge < -0.3 is 21.1 Å². The van der Waals surface area contributed by atoms with Gasteiger partial charge in [-0.2, -0.15) is 0 Å². The Morgan fingerprint density at radius 3 is 2.48 bits per heavy atom. The molecule has 0 aliphatic carbocycles. The summed E-state index contributed by atoms with van der Waals surface area (Å²) in [4.78, 5) is 33.5. The highest BCUT2D eigenvalue weighted by atomic mass is 19.2. The van der Waals surface area contributed by atoms with Crippen LogP contribution in [0.4, 0.5) is 23.7 Å². The van der Waals surface area contributed by atoms with Gasteiger partial charge in [-0.3, -0.25) is 9.59 Å². The highest BCUT2D eigenvalue weighted by Gasteiger charge is 2.21. The normalized spacial score (nSPS) is 11.5. The molecule has 0 saturated carbocycles. The molecule has 1 aromatic rings. The first-order valence-electron chi connectivity index (χ1n) is 6.39. The lowest BCUT2D eigenvalue weighted by molar-refractivity contribution is -0.153. The van der Waals surface area contributed by atoms with Crippen molar-refractivity contribution < 1.29 is 32.3 Å². The Balaban J connectivity index is 2.56. The van der Waals surface area contributed by atoms with Gasteiger partial charge in [0, 0.05) is 6.54 Å². The van der Waals surface area contributed by atoms with Crippen molar-refractivity contribution in [3.05, 3.63) is 29.6 Å². The third kappa shape index (κ3) is 5.49. The molecular formula is C13H14F3N3O4. The predicted octanol–water partition coefficient (Wildman–Crippen LogP) is 1.03. The van der Waals surface area contributed by atoms with Crippen molar-refractivity contribution in [2.45, 2.75) is 19.4 Å². The van der Waals surface area contributed by atoms with E-state index in [1.54, 1.807) is 0 Å². The Labute approximate surface area is 129 Å². The summed E-state index contributed by atoms with van der Waals surface area (Å²) in [7, 11) is 0. The van der Waals surface area contributed by atoms with Crippen LogP contribution in [0.3, 0.4) is 0 Å². The van der Waals surface area contributed by atoms with Crippen molar-refractivity contribution in [2.75, 3.05) is 11.9 Å². The quantitative estimate of drug-likeness (QED) is 0.533. The van der Waals surface area contributed by atoms with Gasteiger partial charge in [-0.15, -0.1) is 0 Å². The van der Waals surface area contributed by atoms with E-state index in [-0.39, 0.29) is 13.0 Å². The van der Waals surface area contributed by atoms with E-state index in [1.165, 1.54) is 6.92 Å². The summed E-state index contributed by atoms with van der Waals surface area (Å²) in [6.07, 6.45) is -1.55. The molecular weight excluding hydrogens is 319 g/mol. The molecule has 0 saturated heterocycles. The Bertz CT molecular complexity index is 625. The van der Waals surface area contributed by atoms with Gasteiger partial charge in [0.1, 0.15) is 0 Å². The molecule has 0 heterocycles. The third-order valence-corrected chi connectivity index (χ3v) is 2.60. The summed E-state index contributed by atoms with van der Waals surface area (Å²) < 4.78 is 43.9. The van der Waals surface area contributed by atoms with Gasteiger partial charge in [0.15, 0.2) is 23.6 Å². The zero-order chi connectivity index (χ0) is 17.6. The Morgan fingerprint density at radius 1 is 1.22 bits per heavy atom. The fourth-order valence-corrected chi connectivity index (χ4v) is 1.45. The first kappa shape index (κ1) is 18.3. The number of benzene rings is 1. The molecule has 0 unspecified atom stereocenters. The maximum atomic E-state index is 13.4. The van der Waals surface area contributed by atoms with Crippen molar-refractivity contribution in [1.29, 1.82) is 0 Å². The molecule has 0 spiro atoms. The first-order valence-corrected chi connectivity index (χ1v) is 6.39. The molecule has 0 radical (unpaired) electrons. The second-order valence-electron chi connectivity index (χ2n) is 4.39. The van der Waals surface area contributed by atoms with Crippen LogP contribution >= 0.6 is 0 Å². The number of esters is 1. The van der Waals surface area contributed by atoms with Gasteiger partial charge in [-0.05, 0) is 19.1 Å². The SMILES string of the molecule is C[C@@H](OC(=O)CCNC(N)=O)C(=O)Nc1ccc(F)c(F)c1F. The van der Waals surface area contributed by atoms with Crippen LogP contribution in [-0.2, 0) is 14.3 Å². The summed E-state index contributed by atoms with van der Waals surface area (Å²) in [5.41, 5.74) is 4.20. The molecule has 0 bridgehead atoms. The lowest BCUT2D eigenvalue weighted by atomic mass is 10.2. The summed E-state index contributed by atoms with van der Waals surface area (Å²) in [5, 5.41) is 4.12. The lowest BCUT2D eigenvalue weighted by Crippen LogP contribution is -2.34. The average molecular weight is 333 g/mol. The van der Waals surface area contributed by atoms with E-state index in [0.717, 1.165) is 6.07 Å². The van der Waals surface area contributed by atoms with Crippen LogP contribution in [0.1, 0.15) is 13.3 Å². The van der Waals surface area contributed by atoms with Gasteiger partial charge in [-0.25, -0.2) is 18.0 Å². The van der Waals surface area contributed by atoms with Crippen molar-refractivity contribution in [1.82, 2.24) is 5.32 Å². The van der Waals surface area contributed by atoms with Crippen LogP contribution in [0.2, 0.25) is 0 Å². The van der Waals surface area contributed by atoms with Crippen LogP contribution < -0.4 is 16.4 Å². The van der Waals surface area contributed by atoms with Crippen LogP contribution in [0.25, 0.3) is 0 Å². The number of amides is 3. The van der Waals surface area contributed by atoms with E-state index in [4.69, 9.17) is 10.5 Å². The number of rotatable bonds is 6. The number of primary amides is 1. The van der Waals surface area contributed by atoms with E-state index in [9.17, 15) is 27.6 Å². The fourth-order valence-electron chi connectivity index (χ4n) is 1.45. The van der Waals surface area contributed by atoms with Crippen molar-refractivity contribution in [3.8, 4) is 0 Å². The minimum Gasteiger partial charge on any atom is -0.452 e. The zero-order valence-corrected chi connectivity index (χ0v) is 12.0. The summed E-state index contributed by atoms with van der Waals surface area (Å²) in [6, 6.07) is 0.648. The van der Waals surface area contributed by atoms with Gasteiger partial charge in [-0.1, -0.05) is 0 Å². The minimum atomic E-state index is -1.73. The van der Waals surface area contributed by atoms with E-state index in [2.05, 4.69) is 5.32 Å². The monoisotopic (exact) mass is 333 g/mol. The molecule has 3 amide bonds. The summed E-state index contributed by atoms with van der Waals surface area (Å²) >= 11 is 0. The number of halogens is 3. The van der Waals surface area contributed by atoms with E-state index >= 15 is 0 Å². The zero-order valence-electron chi connectivity index (χ0n) is 12.0. The van der Waals surface area contributed by atoms with Crippen LogP contribution in [0.5, 0.6) is 0 Å². The van der Waals surface area contributed by atoms with Crippen LogP contribution in [-0.4, -0.2) is 30.6 Å². The number of hydrogen-bond donors (Lipinski definition) is 3. The third-order valence-electron chi connectivity index (χ3n) is 2.60. The lowest BCUT2D eigenvalue weighted by Gasteiger charge is -2.14. The first-order chi connectivity index (χ1) is 10.7. The van der Waals surface area contributed by atoms with Crippen LogP contribution in [0.15, 0.2) is 12.1 Å². The molecule has 23 heavy (non-hydrogen) atoms. The minimum absolute atomic E-state index is 0.0830. The molecule has 0 aliphatic heterocycles. The molecule has 1 atom stereocenters. The summed E-state index contributed by atoms with van der Waals surface area (Å²) in [5.74, 6) is -6.45. The van der Waals surface area contributed by atoms with Crippen LogP contribution in [0, 0.1) is 17.5 Å². The maximum Gasteiger partial charge on any atom is 0.312 e. The molecule has 7 nitrogen and oxygen atoms in total. The predicted molar refractivity (Wildman–Crippen MR) is 72.7 cm³/mol. The van der Waals surface area contributed by atoms with Gasteiger partial charge >= 0.3 is 12.0 Å². The van der Waals surface area contributed by atoms with Gasteiger partial charge in [0.25, 0.3) is 5.91 Å².